The summed E-state index contributed by atoms with van der Waals surface area (Å²) >= 11 is 0. The highest BCUT2D eigenvalue weighted by molar-refractivity contribution is 6.09. The van der Waals surface area contributed by atoms with Gasteiger partial charge in [0.15, 0.2) is 6.10 Å². The fourth-order valence-electron chi connectivity index (χ4n) is 2.72. The van der Waals surface area contributed by atoms with E-state index < -0.39 is 17.8 Å². The zero-order valence-corrected chi connectivity index (χ0v) is 13.8. The number of halogens is 1. The largest absolute Gasteiger partial charge is 0.496 e. The number of rotatable bonds is 3. The van der Waals surface area contributed by atoms with Gasteiger partial charge < -0.3 is 19.7 Å². The summed E-state index contributed by atoms with van der Waals surface area (Å²) in [6, 6.07) is 10.6. The maximum absolute atomic E-state index is 13.7. The number of amides is 2. The lowest BCUT2D eigenvalue weighted by Crippen LogP contribution is -2.50. The van der Waals surface area contributed by atoms with Crippen LogP contribution < -0.4 is 19.7 Å². The number of likely N-dealkylation sites (N-methyl/N-ethyl adjacent to an activating group) is 1. The predicted octanol–water partition coefficient (Wildman–Crippen LogP) is 1.99. The van der Waals surface area contributed by atoms with Gasteiger partial charge in [-0.15, -0.1) is 0 Å². The molecule has 2 amide bonds. The molecule has 0 aliphatic carbocycles. The zero-order chi connectivity index (χ0) is 18.0. The lowest BCUT2D eigenvalue weighted by molar-refractivity contribution is -0.127. The number of carbonyl (C=O) groups excluding carboxylic acids is 2. The van der Waals surface area contributed by atoms with Crippen LogP contribution in [0.3, 0.4) is 0 Å². The Morgan fingerprint density at radius 2 is 2.04 bits per heavy atom. The van der Waals surface area contributed by atoms with Crippen LogP contribution in [0.2, 0.25) is 0 Å². The molecule has 1 N–H and O–H groups in total. The minimum atomic E-state index is -0.858. The molecule has 7 heteroatoms. The van der Waals surface area contributed by atoms with Gasteiger partial charge >= 0.3 is 0 Å². The number of methoxy groups -OCH3 is 1. The molecule has 0 spiro atoms. The molecule has 2 aromatic rings. The molecule has 0 aromatic heterocycles. The highest BCUT2D eigenvalue weighted by Gasteiger charge is 2.34. The Hall–Kier alpha value is -3.09. The van der Waals surface area contributed by atoms with Gasteiger partial charge in [0.2, 0.25) is 0 Å². The normalized spacial score (nSPS) is 15.8. The highest BCUT2D eigenvalue weighted by Crippen LogP contribution is 2.35. The summed E-state index contributed by atoms with van der Waals surface area (Å²) in [6.07, 6.45) is -0.858. The van der Waals surface area contributed by atoms with Crippen molar-refractivity contribution in [2.75, 3.05) is 25.6 Å². The number of fused-ring (bicyclic) bond motifs is 1. The van der Waals surface area contributed by atoms with E-state index in [1.807, 2.05) is 0 Å². The van der Waals surface area contributed by atoms with Crippen molar-refractivity contribution in [3.63, 3.8) is 0 Å². The molecule has 1 unspecified atom stereocenters. The van der Waals surface area contributed by atoms with E-state index in [4.69, 9.17) is 9.47 Å². The maximum atomic E-state index is 13.7. The lowest BCUT2D eigenvalue weighted by Gasteiger charge is -2.34. The van der Waals surface area contributed by atoms with Gasteiger partial charge in [-0.05, 0) is 30.3 Å². The van der Waals surface area contributed by atoms with Crippen molar-refractivity contribution in [1.82, 2.24) is 5.32 Å². The van der Waals surface area contributed by atoms with Gasteiger partial charge in [-0.1, -0.05) is 12.1 Å². The highest BCUT2D eigenvalue weighted by atomic mass is 19.1. The lowest BCUT2D eigenvalue weighted by atomic mass is 10.1. The average Bonchev–Trinajstić information content (AvgIpc) is 2.65. The van der Waals surface area contributed by atoms with E-state index in [-0.39, 0.29) is 23.8 Å². The van der Waals surface area contributed by atoms with Gasteiger partial charge in [-0.25, -0.2) is 4.39 Å². The Morgan fingerprint density at radius 1 is 1.28 bits per heavy atom. The molecule has 0 fully saturated rings. The van der Waals surface area contributed by atoms with E-state index in [0.717, 1.165) is 6.07 Å². The number of nitrogens with one attached hydrogen (secondary N) is 1. The summed E-state index contributed by atoms with van der Waals surface area (Å²) in [6.45, 7) is 0.00911. The minimum Gasteiger partial charge on any atom is -0.496 e. The number of benzene rings is 2. The van der Waals surface area contributed by atoms with Crippen LogP contribution in [-0.2, 0) is 4.79 Å². The number of hydrogen-bond acceptors (Lipinski definition) is 4. The maximum Gasteiger partial charge on any atom is 0.262 e. The molecule has 0 bridgehead atoms. The first-order valence-electron chi connectivity index (χ1n) is 7.68. The van der Waals surface area contributed by atoms with E-state index in [1.165, 1.54) is 31.2 Å². The van der Waals surface area contributed by atoms with Crippen LogP contribution in [0, 0.1) is 5.82 Å². The van der Waals surface area contributed by atoms with Crippen LogP contribution in [0.25, 0.3) is 0 Å². The molecule has 0 saturated heterocycles. The van der Waals surface area contributed by atoms with E-state index in [9.17, 15) is 14.0 Å². The average molecular weight is 344 g/mol. The van der Waals surface area contributed by atoms with Crippen molar-refractivity contribution >= 4 is 17.5 Å². The second kappa shape index (κ2) is 6.80. The molecule has 1 aliphatic rings. The third kappa shape index (κ3) is 3.13. The van der Waals surface area contributed by atoms with Crippen molar-refractivity contribution in [2.45, 2.75) is 6.10 Å². The minimum absolute atomic E-state index is 0.00911. The molecular formula is C18H17FN2O4. The third-order valence-corrected chi connectivity index (χ3v) is 3.95. The van der Waals surface area contributed by atoms with Gasteiger partial charge in [0.1, 0.15) is 17.3 Å². The number of anilines is 1. The Morgan fingerprint density at radius 3 is 2.76 bits per heavy atom. The van der Waals surface area contributed by atoms with Gasteiger partial charge in [-0.3, -0.25) is 9.59 Å². The number of ether oxygens (including phenoxy) is 2. The zero-order valence-electron chi connectivity index (χ0n) is 13.8. The van der Waals surface area contributed by atoms with E-state index in [1.54, 1.807) is 24.3 Å². The topological polar surface area (TPSA) is 67.9 Å². The number of para-hydroxylation sites is 2. The quantitative estimate of drug-likeness (QED) is 0.925. The second-order valence-corrected chi connectivity index (χ2v) is 5.45. The molecule has 3 rings (SSSR count). The SMILES string of the molecule is CNC(=O)C1CN(C(=O)c2cc(F)ccc2OC)c2ccccc2O1. The van der Waals surface area contributed by atoms with Crippen molar-refractivity contribution in [1.29, 1.82) is 0 Å². The summed E-state index contributed by atoms with van der Waals surface area (Å²) in [5.41, 5.74) is 0.592. The van der Waals surface area contributed by atoms with Crippen LogP contribution in [0.4, 0.5) is 10.1 Å². The summed E-state index contributed by atoms with van der Waals surface area (Å²) < 4.78 is 24.5. The standard InChI is InChI=1S/C18H17FN2O4/c1-20-17(22)16-10-21(13-5-3-4-6-15(13)25-16)18(23)12-9-11(19)7-8-14(12)24-2/h3-9,16H,10H2,1-2H3,(H,20,22). The molecule has 0 saturated carbocycles. The van der Waals surface area contributed by atoms with Crippen LogP contribution in [0.5, 0.6) is 11.5 Å². The Bertz CT molecular complexity index is 824. The van der Waals surface area contributed by atoms with Crippen molar-refractivity contribution in [3.05, 3.63) is 53.8 Å². The molecule has 130 valence electrons. The molecule has 0 radical (unpaired) electrons. The molecular weight excluding hydrogens is 327 g/mol. The van der Waals surface area contributed by atoms with E-state index in [0.29, 0.717) is 11.4 Å². The van der Waals surface area contributed by atoms with E-state index >= 15 is 0 Å². The Kier molecular flexibility index (Phi) is 4.56. The Balaban J connectivity index is 2.04. The first kappa shape index (κ1) is 16.8. The van der Waals surface area contributed by atoms with E-state index in [2.05, 4.69) is 5.32 Å². The second-order valence-electron chi connectivity index (χ2n) is 5.45. The van der Waals surface area contributed by atoms with Crippen LogP contribution >= 0.6 is 0 Å². The van der Waals surface area contributed by atoms with Gasteiger partial charge in [0.25, 0.3) is 11.8 Å². The summed E-state index contributed by atoms with van der Waals surface area (Å²) in [5, 5.41) is 2.51. The molecule has 25 heavy (non-hydrogen) atoms. The first-order chi connectivity index (χ1) is 12.0. The van der Waals surface area contributed by atoms with Crippen molar-refractivity contribution in [2.24, 2.45) is 0 Å². The fourth-order valence-corrected chi connectivity index (χ4v) is 2.72. The first-order valence-corrected chi connectivity index (χ1v) is 7.68. The van der Waals surface area contributed by atoms with Crippen LogP contribution in [-0.4, -0.2) is 38.6 Å². The van der Waals surface area contributed by atoms with Gasteiger partial charge in [-0.2, -0.15) is 0 Å². The number of carbonyl (C=O) groups is 2. The molecule has 2 aromatic carbocycles. The molecule has 1 atom stereocenters. The van der Waals surface area contributed by atoms with Gasteiger partial charge in [0, 0.05) is 7.05 Å². The monoisotopic (exact) mass is 344 g/mol. The number of nitrogens with zero attached hydrogens (tertiary/aromatic N) is 1. The summed E-state index contributed by atoms with van der Waals surface area (Å²) in [5.74, 6) is -0.703. The smallest absolute Gasteiger partial charge is 0.262 e. The third-order valence-electron chi connectivity index (χ3n) is 3.95. The molecule has 1 heterocycles. The fraction of sp³-hybridized carbons (Fsp3) is 0.222. The van der Waals surface area contributed by atoms with Gasteiger partial charge in [0.05, 0.1) is 24.9 Å². The Labute approximate surface area is 144 Å². The van der Waals surface area contributed by atoms with Crippen LogP contribution in [0.1, 0.15) is 10.4 Å². The molecule has 1 aliphatic heterocycles. The number of hydrogen-bond donors (Lipinski definition) is 1. The van der Waals surface area contributed by atoms with Crippen molar-refractivity contribution < 1.29 is 23.5 Å². The molecule has 6 nitrogen and oxygen atoms in total. The summed E-state index contributed by atoms with van der Waals surface area (Å²) in [4.78, 5) is 26.4. The van der Waals surface area contributed by atoms with Crippen molar-refractivity contribution in [3.8, 4) is 11.5 Å². The van der Waals surface area contributed by atoms with Crippen LogP contribution in [0.15, 0.2) is 42.5 Å². The predicted molar refractivity (Wildman–Crippen MR) is 89.6 cm³/mol. The summed E-state index contributed by atoms with van der Waals surface area (Å²) in [7, 11) is 2.90.